The van der Waals surface area contributed by atoms with E-state index < -0.39 is 12.8 Å². The van der Waals surface area contributed by atoms with Crippen molar-refractivity contribution in [2.24, 2.45) is 0 Å². The average molecular weight is 303 g/mol. The predicted octanol–water partition coefficient (Wildman–Crippen LogP) is 4.00. The zero-order chi connectivity index (χ0) is 15.5. The Morgan fingerprint density at radius 3 is 2.71 bits per heavy atom. The van der Waals surface area contributed by atoms with Crippen LogP contribution in [0.15, 0.2) is 24.3 Å². The molecule has 118 valence electrons. The zero-order valence-corrected chi connectivity index (χ0v) is 12.2. The molecule has 1 aliphatic heterocycles. The number of hydrogen-bond acceptors (Lipinski definition) is 3. The predicted molar refractivity (Wildman–Crippen MR) is 74.7 cm³/mol. The van der Waals surface area contributed by atoms with Gasteiger partial charge in [0.05, 0.1) is 11.3 Å². The molecule has 0 aliphatic carbocycles. The van der Waals surface area contributed by atoms with Crippen LogP contribution in [-0.2, 0) is 4.74 Å². The molecule has 1 aliphatic rings. The lowest BCUT2D eigenvalue weighted by atomic mass is 9.94. The summed E-state index contributed by atoms with van der Waals surface area (Å²) in [7, 11) is 0. The summed E-state index contributed by atoms with van der Waals surface area (Å²) in [6.07, 6.45) is -2.73. The van der Waals surface area contributed by atoms with Gasteiger partial charge in [0.25, 0.3) is 0 Å². The van der Waals surface area contributed by atoms with E-state index in [1.165, 1.54) is 0 Å². The molecule has 21 heavy (non-hydrogen) atoms. The molecule has 0 saturated carbocycles. The van der Waals surface area contributed by atoms with Crippen LogP contribution in [0.4, 0.5) is 18.9 Å². The molecule has 2 rings (SSSR count). The van der Waals surface area contributed by atoms with Crippen LogP contribution in [0.3, 0.4) is 0 Å². The maximum atomic E-state index is 12.3. The Labute approximate surface area is 122 Å². The maximum absolute atomic E-state index is 12.3. The smallest absolute Gasteiger partial charge is 0.422 e. The van der Waals surface area contributed by atoms with Gasteiger partial charge in [0.1, 0.15) is 5.75 Å². The molecule has 0 amide bonds. The summed E-state index contributed by atoms with van der Waals surface area (Å²) < 4.78 is 47.3. The third-order valence-electron chi connectivity index (χ3n) is 3.34. The van der Waals surface area contributed by atoms with Gasteiger partial charge < -0.3 is 14.8 Å². The van der Waals surface area contributed by atoms with E-state index in [-0.39, 0.29) is 17.4 Å². The van der Waals surface area contributed by atoms with Crippen LogP contribution in [0.5, 0.6) is 5.75 Å². The lowest BCUT2D eigenvalue weighted by Crippen LogP contribution is -2.40. The van der Waals surface area contributed by atoms with Crippen molar-refractivity contribution in [3.05, 3.63) is 24.3 Å². The molecule has 0 spiro atoms. The largest absolute Gasteiger partial charge is 0.482 e. The highest BCUT2D eigenvalue weighted by molar-refractivity contribution is 5.56. The minimum Gasteiger partial charge on any atom is -0.482 e. The van der Waals surface area contributed by atoms with E-state index >= 15 is 0 Å². The molecule has 1 aromatic carbocycles. The average Bonchev–Trinajstić information content (AvgIpc) is 2.35. The van der Waals surface area contributed by atoms with Crippen molar-refractivity contribution in [2.45, 2.75) is 44.5 Å². The Hall–Kier alpha value is -1.43. The second-order valence-electron chi connectivity index (χ2n) is 5.84. The number of rotatable bonds is 4. The van der Waals surface area contributed by atoms with E-state index in [1.807, 2.05) is 13.8 Å². The van der Waals surface area contributed by atoms with Crippen molar-refractivity contribution in [1.29, 1.82) is 0 Å². The summed E-state index contributed by atoms with van der Waals surface area (Å²) >= 11 is 0. The van der Waals surface area contributed by atoms with Gasteiger partial charge >= 0.3 is 6.18 Å². The van der Waals surface area contributed by atoms with Gasteiger partial charge in [-0.3, -0.25) is 0 Å². The van der Waals surface area contributed by atoms with Crippen LogP contribution in [0.2, 0.25) is 0 Å². The van der Waals surface area contributed by atoms with Gasteiger partial charge in [-0.25, -0.2) is 0 Å². The van der Waals surface area contributed by atoms with E-state index in [9.17, 15) is 13.2 Å². The highest BCUT2D eigenvalue weighted by Gasteiger charge is 2.30. The molecule has 3 nitrogen and oxygen atoms in total. The number of alkyl halides is 3. The Morgan fingerprint density at radius 2 is 2.05 bits per heavy atom. The molecule has 0 radical (unpaired) electrons. The number of benzene rings is 1. The number of anilines is 1. The molecule has 0 aromatic heterocycles. The Bertz CT molecular complexity index is 474. The van der Waals surface area contributed by atoms with Crippen molar-refractivity contribution >= 4 is 5.69 Å². The quantitative estimate of drug-likeness (QED) is 0.912. The van der Waals surface area contributed by atoms with Crippen molar-refractivity contribution in [3.63, 3.8) is 0 Å². The van der Waals surface area contributed by atoms with Gasteiger partial charge in [-0.05, 0) is 38.8 Å². The maximum Gasteiger partial charge on any atom is 0.422 e. The summed E-state index contributed by atoms with van der Waals surface area (Å²) in [6, 6.07) is 6.86. The molecule has 1 unspecified atom stereocenters. The molecule has 1 N–H and O–H groups in total. The number of nitrogens with one attached hydrogen (secondary N) is 1. The molecular weight excluding hydrogens is 283 g/mol. The lowest BCUT2D eigenvalue weighted by molar-refractivity contribution is -0.153. The highest BCUT2D eigenvalue weighted by Crippen LogP contribution is 2.31. The Morgan fingerprint density at radius 1 is 1.33 bits per heavy atom. The van der Waals surface area contributed by atoms with Gasteiger partial charge in [0, 0.05) is 12.6 Å². The Balaban J connectivity index is 2.02. The van der Waals surface area contributed by atoms with Crippen molar-refractivity contribution in [1.82, 2.24) is 0 Å². The summed E-state index contributed by atoms with van der Waals surface area (Å²) in [6.45, 7) is 3.36. The molecule has 1 saturated heterocycles. The fourth-order valence-electron chi connectivity index (χ4n) is 2.45. The number of halogens is 3. The molecule has 6 heteroatoms. The standard InChI is InChI=1S/C15H20F3NO2/c1-14(2)9-11(7-8-21-14)19-12-5-3-4-6-13(12)20-10-15(16,17)18/h3-6,11,19H,7-10H2,1-2H3. The number of hydrogen-bond donors (Lipinski definition) is 1. The molecule has 0 bridgehead atoms. The molecule has 1 fully saturated rings. The Kier molecular flexibility index (Phi) is 4.66. The second kappa shape index (κ2) is 6.13. The molecule has 1 aromatic rings. The van der Waals surface area contributed by atoms with Gasteiger partial charge in [-0.2, -0.15) is 13.2 Å². The topological polar surface area (TPSA) is 30.5 Å². The monoisotopic (exact) mass is 303 g/mol. The third kappa shape index (κ3) is 5.12. The van der Waals surface area contributed by atoms with E-state index in [4.69, 9.17) is 9.47 Å². The second-order valence-corrected chi connectivity index (χ2v) is 5.84. The SMILES string of the molecule is CC1(C)CC(Nc2ccccc2OCC(F)(F)F)CCO1. The van der Waals surface area contributed by atoms with Crippen LogP contribution in [-0.4, -0.2) is 31.0 Å². The zero-order valence-electron chi connectivity index (χ0n) is 12.2. The minimum absolute atomic E-state index is 0.157. The first-order valence-electron chi connectivity index (χ1n) is 6.94. The van der Waals surface area contributed by atoms with Crippen LogP contribution in [0.1, 0.15) is 26.7 Å². The third-order valence-corrected chi connectivity index (χ3v) is 3.34. The van der Waals surface area contributed by atoms with Crippen LogP contribution in [0.25, 0.3) is 0 Å². The van der Waals surface area contributed by atoms with Gasteiger partial charge in [-0.15, -0.1) is 0 Å². The first-order valence-corrected chi connectivity index (χ1v) is 6.94. The summed E-state index contributed by atoms with van der Waals surface area (Å²) in [4.78, 5) is 0. The molecular formula is C15H20F3NO2. The van der Waals surface area contributed by atoms with Gasteiger partial charge in [-0.1, -0.05) is 12.1 Å². The van der Waals surface area contributed by atoms with Gasteiger partial charge in [0.15, 0.2) is 6.61 Å². The normalized spacial score (nSPS) is 21.9. The molecule has 1 heterocycles. The van der Waals surface area contributed by atoms with E-state index in [1.54, 1.807) is 24.3 Å². The summed E-state index contributed by atoms with van der Waals surface area (Å²) in [5.41, 5.74) is 0.363. The molecule has 1 atom stereocenters. The van der Waals surface area contributed by atoms with E-state index in [0.29, 0.717) is 12.3 Å². The number of para-hydroxylation sites is 2. The van der Waals surface area contributed by atoms with E-state index in [2.05, 4.69) is 5.32 Å². The first kappa shape index (κ1) is 15.9. The van der Waals surface area contributed by atoms with Crippen LogP contribution in [0, 0.1) is 0 Å². The van der Waals surface area contributed by atoms with Crippen LogP contribution < -0.4 is 10.1 Å². The van der Waals surface area contributed by atoms with Gasteiger partial charge in [0.2, 0.25) is 0 Å². The van der Waals surface area contributed by atoms with Crippen molar-refractivity contribution in [2.75, 3.05) is 18.5 Å². The summed E-state index contributed by atoms with van der Waals surface area (Å²) in [5.74, 6) is 0.221. The van der Waals surface area contributed by atoms with E-state index in [0.717, 1.165) is 12.8 Å². The first-order chi connectivity index (χ1) is 9.75. The lowest BCUT2D eigenvalue weighted by Gasteiger charge is -2.36. The van der Waals surface area contributed by atoms with Crippen molar-refractivity contribution < 1.29 is 22.6 Å². The summed E-state index contributed by atoms with van der Waals surface area (Å²) in [5, 5.41) is 3.27. The minimum atomic E-state index is -4.34. The fraction of sp³-hybridized carbons (Fsp3) is 0.600. The number of ether oxygens (including phenoxy) is 2. The fourth-order valence-corrected chi connectivity index (χ4v) is 2.45. The van der Waals surface area contributed by atoms with Crippen LogP contribution >= 0.6 is 0 Å². The van der Waals surface area contributed by atoms with Crippen molar-refractivity contribution in [3.8, 4) is 5.75 Å². The highest BCUT2D eigenvalue weighted by atomic mass is 19.4.